The van der Waals surface area contributed by atoms with Crippen molar-refractivity contribution >= 4 is 16.7 Å². The molecule has 0 radical (unpaired) electrons. The normalized spacial score (nSPS) is 12.0. The third-order valence-corrected chi connectivity index (χ3v) is 3.23. The Hall–Kier alpha value is -2.33. The SMILES string of the molecule is C=C(CCCC(O)Oc1ccc2ccccc2c1)C(=O)O. The molecule has 2 N–H and O–H groups in total. The van der Waals surface area contributed by atoms with Crippen molar-refractivity contribution in [3.05, 3.63) is 54.6 Å². The minimum atomic E-state index is -1.00. The summed E-state index contributed by atoms with van der Waals surface area (Å²) in [5, 5.41) is 20.7. The number of aliphatic hydroxyl groups is 1. The lowest BCUT2D eigenvalue weighted by atomic mass is 10.1. The molecule has 4 heteroatoms. The third-order valence-electron chi connectivity index (χ3n) is 3.23. The first-order valence-corrected chi connectivity index (χ1v) is 6.81. The number of benzene rings is 2. The maximum atomic E-state index is 10.6. The first-order chi connectivity index (χ1) is 10.1. The van der Waals surface area contributed by atoms with Crippen LogP contribution in [-0.4, -0.2) is 22.5 Å². The number of rotatable bonds is 7. The van der Waals surface area contributed by atoms with Gasteiger partial charge in [0, 0.05) is 12.0 Å². The van der Waals surface area contributed by atoms with Crippen molar-refractivity contribution < 1.29 is 19.7 Å². The molecular weight excluding hydrogens is 268 g/mol. The molecule has 0 saturated carbocycles. The van der Waals surface area contributed by atoms with Gasteiger partial charge in [0.1, 0.15) is 5.75 Å². The van der Waals surface area contributed by atoms with Crippen LogP contribution in [0.5, 0.6) is 5.75 Å². The maximum absolute atomic E-state index is 10.6. The highest BCUT2D eigenvalue weighted by atomic mass is 16.6. The summed E-state index contributed by atoms with van der Waals surface area (Å²) in [5.74, 6) is -0.404. The van der Waals surface area contributed by atoms with Gasteiger partial charge in [0.25, 0.3) is 0 Å². The molecule has 110 valence electrons. The van der Waals surface area contributed by atoms with E-state index in [2.05, 4.69) is 6.58 Å². The first kappa shape index (κ1) is 15.1. The van der Waals surface area contributed by atoms with E-state index in [4.69, 9.17) is 9.84 Å². The smallest absolute Gasteiger partial charge is 0.330 e. The van der Waals surface area contributed by atoms with Gasteiger partial charge in [-0.1, -0.05) is 36.9 Å². The van der Waals surface area contributed by atoms with Gasteiger partial charge >= 0.3 is 5.97 Å². The average molecular weight is 286 g/mol. The summed E-state index contributed by atoms with van der Waals surface area (Å²) in [4.78, 5) is 10.6. The van der Waals surface area contributed by atoms with Gasteiger partial charge in [0.15, 0.2) is 6.29 Å². The fourth-order valence-electron chi connectivity index (χ4n) is 2.05. The van der Waals surface area contributed by atoms with Crippen LogP contribution in [0.4, 0.5) is 0 Å². The van der Waals surface area contributed by atoms with Crippen LogP contribution in [0.15, 0.2) is 54.6 Å². The number of hydrogen-bond donors (Lipinski definition) is 2. The van der Waals surface area contributed by atoms with E-state index in [1.807, 2.05) is 42.5 Å². The van der Waals surface area contributed by atoms with Crippen molar-refractivity contribution in [2.45, 2.75) is 25.6 Å². The van der Waals surface area contributed by atoms with Crippen LogP contribution in [0.25, 0.3) is 10.8 Å². The Morgan fingerprint density at radius 2 is 1.90 bits per heavy atom. The van der Waals surface area contributed by atoms with Gasteiger partial charge in [0.05, 0.1) is 0 Å². The number of fused-ring (bicyclic) bond motifs is 1. The summed E-state index contributed by atoms with van der Waals surface area (Å²) in [5.41, 5.74) is 0.146. The lowest BCUT2D eigenvalue weighted by Crippen LogP contribution is -2.15. The van der Waals surface area contributed by atoms with Gasteiger partial charge in [-0.05, 0) is 35.7 Å². The number of carbonyl (C=O) groups is 1. The van der Waals surface area contributed by atoms with Gasteiger partial charge in [-0.3, -0.25) is 0 Å². The van der Waals surface area contributed by atoms with Gasteiger partial charge in [-0.15, -0.1) is 0 Å². The van der Waals surface area contributed by atoms with Crippen molar-refractivity contribution in [2.75, 3.05) is 0 Å². The van der Waals surface area contributed by atoms with E-state index < -0.39 is 12.3 Å². The molecule has 1 atom stereocenters. The summed E-state index contributed by atoms with van der Waals surface area (Å²) < 4.78 is 5.44. The number of carboxylic acids is 1. The van der Waals surface area contributed by atoms with Crippen molar-refractivity contribution in [1.82, 2.24) is 0 Å². The van der Waals surface area contributed by atoms with E-state index in [0.29, 0.717) is 25.0 Å². The number of ether oxygens (including phenoxy) is 1. The fourth-order valence-corrected chi connectivity index (χ4v) is 2.05. The second-order valence-electron chi connectivity index (χ2n) is 4.88. The Labute approximate surface area is 123 Å². The molecule has 0 heterocycles. The molecule has 0 fully saturated rings. The standard InChI is InChI=1S/C17H18O4/c1-12(17(19)20)5-4-8-16(18)21-15-10-9-13-6-2-3-7-14(13)11-15/h2-3,6-7,9-11,16,18H,1,4-5,8H2,(H,19,20). The Bertz CT molecular complexity index is 648. The second-order valence-corrected chi connectivity index (χ2v) is 4.88. The van der Waals surface area contributed by atoms with E-state index in [1.165, 1.54) is 0 Å². The summed E-state index contributed by atoms with van der Waals surface area (Å²) in [7, 11) is 0. The van der Waals surface area contributed by atoms with E-state index in [-0.39, 0.29) is 5.57 Å². The van der Waals surface area contributed by atoms with Crippen LogP contribution >= 0.6 is 0 Å². The first-order valence-electron chi connectivity index (χ1n) is 6.81. The highest BCUT2D eigenvalue weighted by molar-refractivity contribution is 5.85. The molecule has 2 aromatic carbocycles. The van der Waals surface area contributed by atoms with Crippen LogP contribution < -0.4 is 4.74 Å². The highest BCUT2D eigenvalue weighted by Gasteiger charge is 2.09. The van der Waals surface area contributed by atoms with E-state index in [0.717, 1.165) is 10.8 Å². The molecule has 0 aliphatic rings. The molecule has 1 unspecified atom stereocenters. The van der Waals surface area contributed by atoms with E-state index >= 15 is 0 Å². The Kier molecular flexibility index (Phi) is 4.95. The minimum absolute atomic E-state index is 0.146. The summed E-state index contributed by atoms with van der Waals surface area (Å²) in [6.07, 6.45) is 0.264. The van der Waals surface area contributed by atoms with Crippen molar-refractivity contribution in [2.24, 2.45) is 0 Å². The highest BCUT2D eigenvalue weighted by Crippen LogP contribution is 2.22. The predicted octanol–water partition coefficient (Wildman–Crippen LogP) is 3.35. The topological polar surface area (TPSA) is 66.8 Å². The zero-order valence-electron chi connectivity index (χ0n) is 11.7. The summed E-state index contributed by atoms with van der Waals surface area (Å²) in [6, 6.07) is 13.5. The van der Waals surface area contributed by atoms with E-state index in [9.17, 15) is 9.90 Å². The molecule has 2 aromatic rings. The molecule has 0 amide bonds. The molecule has 0 aliphatic heterocycles. The number of aliphatic hydroxyl groups excluding tert-OH is 1. The summed E-state index contributed by atoms with van der Waals surface area (Å²) in [6.45, 7) is 3.45. The molecule has 2 rings (SSSR count). The largest absolute Gasteiger partial charge is 0.478 e. The van der Waals surface area contributed by atoms with Crippen molar-refractivity contribution in [3.8, 4) is 5.75 Å². The monoisotopic (exact) mass is 286 g/mol. The quantitative estimate of drug-likeness (QED) is 0.605. The third kappa shape index (κ3) is 4.33. The van der Waals surface area contributed by atoms with Crippen LogP contribution in [0.3, 0.4) is 0 Å². The zero-order valence-corrected chi connectivity index (χ0v) is 11.7. The number of hydrogen-bond acceptors (Lipinski definition) is 3. The number of aliphatic carboxylic acids is 1. The van der Waals surface area contributed by atoms with Gasteiger partial charge in [-0.2, -0.15) is 0 Å². The van der Waals surface area contributed by atoms with Crippen LogP contribution in [0, 0.1) is 0 Å². The molecule has 0 aromatic heterocycles. The molecule has 0 aliphatic carbocycles. The fraction of sp³-hybridized carbons (Fsp3) is 0.235. The molecule has 4 nitrogen and oxygen atoms in total. The van der Waals surface area contributed by atoms with Gasteiger partial charge in [0.2, 0.25) is 0 Å². The van der Waals surface area contributed by atoms with Gasteiger partial charge in [-0.25, -0.2) is 4.79 Å². The molecule has 0 bridgehead atoms. The summed E-state index contributed by atoms with van der Waals surface area (Å²) >= 11 is 0. The predicted molar refractivity (Wildman–Crippen MR) is 81.2 cm³/mol. The average Bonchev–Trinajstić information content (AvgIpc) is 2.46. The van der Waals surface area contributed by atoms with Crippen LogP contribution in [-0.2, 0) is 4.79 Å². The minimum Gasteiger partial charge on any atom is -0.478 e. The van der Waals surface area contributed by atoms with Crippen LogP contribution in [0.1, 0.15) is 19.3 Å². The number of carboxylic acid groups (broad SMARTS) is 1. The van der Waals surface area contributed by atoms with E-state index in [1.54, 1.807) is 0 Å². The Morgan fingerprint density at radius 3 is 2.62 bits per heavy atom. The zero-order chi connectivity index (χ0) is 15.2. The molecule has 0 saturated heterocycles. The lowest BCUT2D eigenvalue weighted by molar-refractivity contribution is -0.132. The van der Waals surface area contributed by atoms with Crippen molar-refractivity contribution in [3.63, 3.8) is 0 Å². The van der Waals surface area contributed by atoms with Crippen molar-refractivity contribution in [1.29, 1.82) is 0 Å². The molecular formula is C17H18O4. The molecule has 21 heavy (non-hydrogen) atoms. The lowest BCUT2D eigenvalue weighted by Gasteiger charge is -2.14. The molecule has 0 spiro atoms. The second kappa shape index (κ2) is 6.90. The Morgan fingerprint density at radius 1 is 1.19 bits per heavy atom. The Balaban J connectivity index is 1.87. The van der Waals surface area contributed by atoms with Crippen LogP contribution in [0.2, 0.25) is 0 Å². The van der Waals surface area contributed by atoms with Gasteiger partial charge < -0.3 is 14.9 Å². The maximum Gasteiger partial charge on any atom is 0.330 e.